The minimum atomic E-state index is -2.54. The molecular weight excluding hydrogens is 687 g/mol. The number of benzene rings is 4. The Labute approximate surface area is 310 Å². The van der Waals surface area contributed by atoms with Crippen LogP contribution in [0.3, 0.4) is 0 Å². The molecule has 274 valence electrons. The fraction of sp³-hybridized carbons (Fsp3) is 0.357. The van der Waals surface area contributed by atoms with Gasteiger partial charge in [0.2, 0.25) is 5.91 Å². The summed E-state index contributed by atoms with van der Waals surface area (Å²) >= 11 is 0. The first-order valence-corrected chi connectivity index (χ1v) is 21.5. The zero-order chi connectivity index (χ0) is 37.1. The van der Waals surface area contributed by atoms with Crippen molar-refractivity contribution in [2.45, 2.75) is 62.6 Å². The van der Waals surface area contributed by atoms with Gasteiger partial charge in [-0.05, 0) is 73.0 Å². The van der Waals surface area contributed by atoms with Crippen molar-refractivity contribution in [1.82, 2.24) is 4.90 Å². The van der Waals surface area contributed by atoms with E-state index in [0.717, 1.165) is 23.8 Å². The molecule has 2 saturated heterocycles. The average molecular weight is 732 g/mol. The fourth-order valence-corrected chi connectivity index (χ4v) is 13.4. The molecule has 2 fully saturated rings. The standard InChI is InChI=1S/C42H45N3O7Si/c1-27-40(53(3,4)32-19-17-31(50-2)18-20-32)37(24-38(47)43-22-10-13-30(43)25-46)52-42(27)33-23-29(44-35-14-8-9-15-36(35)51-26-39(44)48)16-21-34(33)45(41(42)49)28-11-6-5-7-12-28/h5-9,11-12,14-21,23,27,30,37,40,46H,10,13,22,24-26H2,1-4H3/t27-,30-,37+,40-,42+/m0/s1. The Morgan fingerprint density at radius 2 is 1.66 bits per heavy atom. The van der Waals surface area contributed by atoms with E-state index in [1.807, 2.05) is 84.9 Å². The van der Waals surface area contributed by atoms with Gasteiger partial charge < -0.3 is 24.2 Å². The number of carbonyl (C=O) groups excluding carboxylic acids is 3. The summed E-state index contributed by atoms with van der Waals surface area (Å²) in [5, 5.41) is 11.3. The molecule has 4 heterocycles. The van der Waals surface area contributed by atoms with Gasteiger partial charge in [-0.1, -0.05) is 67.7 Å². The Kier molecular flexibility index (Phi) is 8.91. The van der Waals surface area contributed by atoms with E-state index < -0.39 is 19.8 Å². The summed E-state index contributed by atoms with van der Waals surface area (Å²) in [6.07, 6.45) is 1.09. The second-order valence-electron chi connectivity index (χ2n) is 15.1. The smallest absolute Gasteiger partial charge is 0.269 e. The van der Waals surface area contributed by atoms with Crippen molar-refractivity contribution in [3.05, 3.63) is 103 Å². The Bertz CT molecular complexity index is 2060. The number of aliphatic hydroxyl groups excluding tert-OH is 1. The van der Waals surface area contributed by atoms with Gasteiger partial charge in [-0.15, -0.1) is 0 Å². The molecule has 0 aliphatic carbocycles. The van der Waals surface area contributed by atoms with E-state index in [9.17, 15) is 14.7 Å². The molecule has 0 bridgehead atoms. The molecule has 8 rings (SSSR count). The molecule has 4 aliphatic rings. The second-order valence-corrected chi connectivity index (χ2v) is 19.8. The first-order valence-electron chi connectivity index (χ1n) is 18.4. The zero-order valence-electron chi connectivity index (χ0n) is 30.5. The predicted molar refractivity (Wildman–Crippen MR) is 205 cm³/mol. The van der Waals surface area contributed by atoms with E-state index in [0.29, 0.717) is 40.6 Å². The number of para-hydroxylation sites is 3. The van der Waals surface area contributed by atoms with Crippen molar-refractivity contribution in [2.24, 2.45) is 5.92 Å². The molecular formula is C42H45N3O7Si. The Morgan fingerprint density at radius 3 is 2.40 bits per heavy atom. The van der Waals surface area contributed by atoms with Crippen LogP contribution in [0.15, 0.2) is 97.1 Å². The summed E-state index contributed by atoms with van der Waals surface area (Å²) < 4.78 is 18.6. The van der Waals surface area contributed by atoms with Gasteiger partial charge in [-0.3, -0.25) is 24.2 Å². The number of fused-ring (bicyclic) bond motifs is 3. The maximum atomic E-state index is 15.4. The largest absolute Gasteiger partial charge is 0.497 e. The third-order valence-corrected chi connectivity index (χ3v) is 16.4. The molecule has 4 aromatic rings. The first kappa shape index (κ1) is 35.1. The number of methoxy groups -OCH3 is 1. The number of amides is 3. The Hall–Kier alpha value is -4.97. The zero-order valence-corrected chi connectivity index (χ0v) is 31.5. The molecule has 11 heteroatoms. The Balaban J connectivity index is 1.29. The molecule has 0 radical (unpaired) electrons. The van der Waals surface area contributed by atoms with E-state index in [-0.39, 0.29) is 54.9 Å². The lowest BCUT2D eigenvalue weighted by Crippen LogP contribution is -2.52. The molecule has 4 aliphatic heterocycles. The van der Waals surface area contributed by atoms with Gasteiger partial charge in [-0.25, -0.2) is 0 Å². The molecule has 1 N–H and O–H groups in total. The number of likely N-dealkylation sites (tertiary alicyclic amines) is 1. The van der Waals surface area contributed by atoms with Crippen molar-refractivity contribution in [1.29, 1.82) is 0 Å². The average Bonchev–Trinajstić information content (AvgIpc) is 3.85. The quantitative estimate of drug-likeness (QED) is 0.221. The third kappa shape index (κ3) is 5.55. The van der Waals surface area contributed by atoms with Gasteiger partial charge in [0.05, 0.1) is 51.7 Å². The number of hydrogen-bond donors (Lipinski definition) is 1. The van der Waals surface area contributed by atoms with Crippen LogP contribution in [0.25, 0.3) is 0 Å². The van der Waals surface area contributed by atoms with Crippen LogP contribution in [0.2, 0.25) is 18.6 Å². The van der Waals surface area contributed by atoms with Crippen LogP contribution in [0.1, 0.15) is 31.7 Å². The molecule has 0 unspecified atom stereocenters. The number of carbonyl (C=O) groups is 3. The van der Waals surface area contributed by atoms with E-state index in [1.54, 1.807) is 21.8 Å². The van der Waals surface area contributed by atoms with Gasteiger partial charge in [0.1, 0.15) is 11.5 Å². The van der Waals surface area contributed by atoms with Crippen molar-refractivity contribution < 1.29 is 33.7 Å². The van der Waals surface area contributed by atoms with Gasteiger partial charge in [0.25, 0.3) is 11.8 Å². The number of hydrogen-bond acceptors (Lipinski definition) is 7. The van der Waals surface area contributed by atoms with Crippen LogP contribution in [0.5, 0.6) is 11.5 Å². The summed E-state index contributed by atoms with van der Waals surface area (Å²) in [4.78, 5) is 48.3. The highest BCUT2D eigenvalue weighted by molar-refractivity contribution is 6.91. The highest BCUT2D eigenvalue weighted by Crippen LogP contribution is 2.61. The minimum Gasteiger partial charge on any atom is -0.497 e. The highest BCUT2D eigenvalue weighted by atomic mass is 28.3. The molecule has 53 heavy (non-hydrogen) atoms. The van der Waals surface area contributed by atoms with Crippen molar-refractivity contribution in [3.63, 3.8) is 0 Å². The highest BCUT2D eigenvalue weighted by Gasteiger charge is 2.67. The molecule has 4 aromatic carbocycles. The van der Waals surface area contributed by atoms with Crippen LogP contribution < -0.4 is 24.5 Å². The van der Waals surface area contributed by atoms with E-state index >= 15 is 4.79 Å². The number of ether oxygens (including phenoxy) is 3. The summed E-state index contributed by atoms with van der Waals surface area (Å²) in [6.45, 7) is 7.06. The van der Waals surface area contributed by atoms with Gasteiger partial charge in [0.15, 0.2) is 12.2 Å². The number of aliphatic hydroxyl groups is 1. The molecule has 3 amide bonds. The molecule has 0 saturated carbocycles. The van der Waals surface area contributed by atoms with Crippen LogP contribution in [-0.4, -0.2) is 74.8 Å². The monoisotopic (exact) mass is 731 g/mol. The van der Waals surface area contributed by atoms with Gasteiger partial charge in [0, 0.05) is 29.4 Å². The lowest BCUT2D eigenvalue weighted by Gasteiger charge is -2.37. The maximum absolute atomic E-state index is 15.4. The fourth-order valence-electron chi connectivity index (χ4n) is 9.43. The van der Waals surface area contributed by atoms with Gasteiger partial charge >= 0.3 is 0 Å². The number of nitrogens with zero attached hydrogens (tertiary/aromatic N) is 3. The van der Waals surface area contributed by atoms with E-state index in [4.69, 9.17) is 14.2 Å². The maximum Gasteiger partial charge on any atom is 0.269 e. The SMILES string of the molecule is COc1ccc([Si](C)(C)[C@@H]2[C@@H](CC(=O)N3CCC[C@H]3CO)O[C@]3(C(=O)N(c4ccccc4)c4ccc(N5C(=O)COc6ccccc65)cc43)[C@H]2C)cc1. The van der Waals surface area contributed by atoms with Crippen LogP contribution >= 0.6 is 0 Å². The normalized spacial score (nSPS) is 25.1. The number of rotatable bonds is 8. The van der Waals surface area contributed by atoms with Crippen LogP contribution in [0.4, 0.5) is 22.7 Å². The van der Waals surface area contributed by atoms with Crippen LogP contribution in [0, 0.1) is 5.92 Å². The van der Waals surface area contributed by atoms with Crippen molar-refractivity contribution in [3.8, 4) is 11.5 Å². The summed E-state index contributed by atoms with van der Waals surface area (Å²) in [5.41, 5.74) is 1.66. The summed E-state index contributed by atoms with van der Waals surface area (Å²) in [6, 6.07) is 30.6. The van der Waals surface area contributed by atoms with E-state index in [1.165, 1.54) is 0 Å². The Morgan fingerprint density at radius 1 is 0.925 bits per heavy atom. The molecule has 1 spiro atoms. The predicted octanol–water partition coefficient (Wildman–Crippen LogP) is 6.02. The lowest BCUT2D eigenvalue weighted by molar-refractivity contribution is -0.149. The summed E-state index contributed by atoms with van der Waals surface area (Å²) in [5.74, 6) is 0.483. The third-order valence-electron chi connectivity index (χ3n) is 12.0. The molecule has 10 nitrogen and oxygen atoms in total. The molecule has 5 atom stereocenters. The molecule has 0 aromatic heterocycles. The summed E-state index contributed by atoms with van der Waals surface area (Å²) in [7, 11) is -0.897. The van der Waals surface area contributed by atoms with Crippen LogP contribution in [-0.2, 0) is 24.7 Å². The van der Waals surface area contributed by atoms with Gasteiger partial charge in [-0.2, -0.15) is 0 Å². The topological polar surface area (TPSA) is 109 Å². The second kappa shape index (κ2) is 13.5. The van der Waals surface area contributed by atoms with Crippen molar-refractivity contribution >= 4 is 53.7 Å². The minimum absolute atomic E-state index is 0.0739. The number of anilines is 4. The lowest BCUT2D eigenvalue weighted by atomic mass is 9.82. The van der Waals surface area contributed by atoms with Crippen molar-refractivity contribution in [2.75, 3.05) is 36.7 Å². The van der Waals surface area contributed by atoms with E-state index in [2.05, 4.69) is 32.2 Å². The first-order chi connectivity index (χ1) is 25.6.